The topological polar surface area (TPSA) is 32.3 Å². The summed E-state index contributed by atoms with van der Waals surface area (Å²) in [6.45, 7) is 7.93. The van der Waals surface area contributed by atoms with Gasteiger partial charge in [-0.3, -0.25) is 4.79 Å². The number of carbonyl (C=O) groups excluding carboxylic acids is 1. The predicted octanol–water partition coefficient (Wildman–Crippen LogP) is 5.61. The number of nitrogens with one attached hydrogen (secondary N) is 1. The Balaban J connectivity index is 0.000000273. The minimum Gasteiger partial charge on any atom is -0.383 e. The first kappa shape index (κ1) is 22.1. The summed E-state index contributed by atoms with van der Waals surface area (Å²) in [5.41, 5.74) is 1.68. The number of hydrogen-bond donors (Lipinski definition) is 1. The molecule has 142 valence electrons. The molecule has 0 aliphatic heterocycles. The van der Waals surface area contributed by atoms with E-state index < -0.39 is 0 Å². The molecule has 26 heavy (non-hydrogen) atoms. The molecule has 0 spiro atoms. The van der Waals surface area contributed by atoms with Crippen molar-refractivity contribution in [2.24, 2.45) is 0 Å². The molecule has 0 bridgehead atoms. The number of halogens is 3. The van der Waals surface area contributed by atoms with E-state index in [2.05, 4.69) is 21.2 Å². The summed E-state index contributed by atoms with van der Waals surface area (Å²) in [6, 6.07) is 12.7. The summed E-state index contributed by atoms with van der Waals surface area (Å²) in [5.74, 6) is -0.523. The molecule has 0 heterocycles. The van der Waals surface area contributed by atoms with Gasteiger partial charge in [-0.2, -0.15) is 0 Å². The molecule has 6 heteroatoms. The summed E-state index contributed by atoms with van der Waals surface area (Å²) in [7, 11) is 0. The SMILES string of the molecule is CC(C)N(C(=O)CBr)c1ccc(F)cc1.CC(C)Nc1ccc(F)cc1. The smallest absolute Gasteiger partial charge is 0.237 e. The molecule has 0 unspecified atom stereocenters. The number of amides is 1. The molecule has 0 radical (unpaired) electrons. The molecule has 2 aromatic rings. The maximum atomic E-state index is 12.7. The zero-order valence-corrected chi connectivity index (χ0v) is 17.1. The zero-order chi connectivity index (χ0) is 19.7. The minimum absolute atomic E-state index is 0.0309. The van der Waals surface area contributed by atoms with Gasteiger partial charge in [0.15, 0.2) is 0 Å². The number of rotatable bonds is 5. The third kappa shape index (κ3) is 7.52. The molecule has 0 atom stereocenters. The Morgan fingerprint density at radius 1 is 0.962 bits per heavy atom. The van der Waals surface area contributed by atoms with Gasteiger partial charge in [-0.1, -0.05) is 15.9 Å². The van der Waals surface area contributed by atoms with E-state index in [0.717, 1.165) is 11.4 Å². The Kier molecular flexibility index (Phi) is 9.27. The molecule has 0 saturated carbocycles. The van der Waals surface area contributed by atoms with Crippen molar-refractivity contribution < 1.29 is 13.6 Å². The van der Waals surface area contributed by atoms with Gasteiger partial charge in [-0.25, -0.2) is 8.78 Å². The number of alkyl halides is 1. The van der Waals surface area contributed by atoms with Crippen LogP contribution in [0, 0.1) is 11.6 Å². The first-order valence-corrected chi connectivity index (χ1v) is 9.52. The van der Waals surface area contributed by atoms with Crippen molar-refractivity contribution in [2.45, 2.75) is 39.8 Å². The van der Waals surface area contributed by atoms with Crippen molar-refractivity contribution in [3.8, 4) is 0 Å². The Morgan fingerprint density at radius 3 is 1.81 bits per heavy atom. The van der Waals surface area contributed by atoms with Crippen LogP contribution in [0.4, 0.5) is 20.2 Å². The van der Waals surface area contributed by atoms with Crippen LogP contribution < -0.4 is 10.2 Å². The molecule has 1 N–H and O–H groups in total. The largest absolute Gasteiger partial charge is 0.383 e. The molecule has 0 aromatic heterocycles. The lowest BCUT2D eigenvalue weighted by atomic mass is 10.2. The molecule has 2 rings (SSSR count). The van der Waals surface area contributed by atoms with Crippen LogP contribution in [-0.4, -0.2) is 23.3 Å². The number of anilines is 2. The molecular weight excluding hydrogens is 402 g/mol. The summed E-state index contributed by atoms with van der Waals surface area (Å²) in [5, 5.41) is 3.43. The minimum atomic E-state index is -0.297. The van der Waals surface area contributed by atoms with E-state index in [4.69, 9.17) is 0 Å². The second-order valence-corrected chi connectivity index (χ2v) is 6.83. The highest BCUT2D eigenvalue weighted by atomic mass is 79.9. The Labute approximate surface area is 162 Å². The van der Waals surface area contributed by atoms with Gasteiger partial charge in [0, 0.05) is 23.5 Å². The normalized spacial score (nSPS) is 10.3. The first-order chi connectivity index (χ1) is 12.2. The second-order valence-electron chi connectivity index (χ2n) is 6.27. The maximum Gasteiger partial charge on any atom is 0.237 e. The monoisotopic (exact) mass is 426 g/mol. The van der Waals surface area contributed by atoms with E-state index in [1.54, 1.807) is 29.2 Å². The van der Waals surface area contributed by atoms with Crippen LogP contribution in [0.2, 0.25) is 0 Å². The first-order valence-electron chi connectivity index (χ1n) is 8.40. The molecule has 1 amide bonds. The molecule has 3 nitrogen and oxygen atoms in total. The summed E-state index contributed by atoms with van der Waals surface area (Å²) >= 11 is 3.13. The summed E-state index contributed by atoms with van der Waals surface area (Å²) in [4.78, 5) is 13.3. The Hall–Kier alpha value is -1.95. The molecule has 0 aliphatic carbocycles. The Morgan fingerprint density at radius 2 is 1.42 bits per heavy atom. The molecule has 0 aliphatic rings. The fourth-order valence-corrected chi connectivity index (χ4v) is 2.55. The predicted molar refractivity (Wildman–Crippen MR) is 108 cm³/mol. The van der Waals surface area contributed by atoms with Gasteiger partial charge >= 0.3 is 0 Å². The summed E-state index contributed by atoms with van der Waals surface area (Å²) in [6.07, 6.45) is 0. The number of nitrogens with zero attached hydrogens (tertiary/aromatic N) is 1. The lowest BCUT2D eigenvalue weighted by Crippen LogP contribution is -2.37. The van der Waals surface area contributed by atoms with E-state index >= 15 is 0 Å². The maximum absolute atomic E-state index is 12.7. The average Bonchev–Trinajstić information content (AvgIpc) is 2.58. The Bertz CT molecular complexity index is 673. The molecule has 2 aromatic carbocycles. The highest BCUT2D eigenvalue weighted by Gasteiger charge is 2.17. The van der Waals surface area contributed by atoms with Gasteiger partial charge in [0.25, 0.3) is 0 Å². The van der Waals surface area contributed by atoms with E-state index in [1.165, 1.54) is 24.3 Å². The van der Waals surface area contributed by atoms with Gasteiger partial charge in [0.05, 0.1) is 5.33 Å². The molecular formula is C20H25BrF2N2O. The van der Waals surface area contributed by atoms with Crippen LogP contribution in [0.3, 0.4) is 0 Å². The quantitative estimate of drug-likeness (QED) is 0.630. The molecule has 0 saturated heterocycles. The van der Waals surface area contributed by atoms with Crippen molar-refractivity contribution in [2.75, 3.05) is 15.5 Å². The van der Waals surface area contributed by atoms with Crippen molar-refractivity contribution in [3.05, 3.63) is 60.2 Å². The van der Waals surface area contributed by atoms with E-state index in [0.29, 0.717) is 6.04 Å². The van der Waals surface area contributed by atoms with Gasteiger partial charge in [-0.05, 0) is 76.2 Å². The standard InChI is InChI=1S/C11H13BrFNO.C9H12FN/c1-8(2)14(11(15)7-12)10-5-3-9(13)4-6-10;1-7(2)11-9-5-3-8(10)4-6-9/h3-6,8H,7H2,1-2H3;3-7,11H,1-2H3. The highest BCUT2D eigenvalue weighted by molar-refractivity contribution is 9.09. The number of hydrogen-bond acceptors (Lipinski definition) is 2. The van der Waals surface area contributed by atoms with E-state index in [9.17, 15) is 13.6 Å². The van der Waals surface area contributed by atoms with Crippen LogP contribution in [0.1, 0.15) is 27.7 Å². The highest BCUT2D eigenvalue weighted by Crippen LogP contribution is 2.18. The van der Waals surface area contributed by atoms with Gasteiger partial charge < -0.3 is 10.2 Å². The van der Waals surface area contributed by atoms with Gasteiger partial charge in [-0.15, -0.1) is 0 Å². The fourth-order valence-electron chi connectivity index (χ4n) is 2.28. The fraction of sp³-hybridized carbons (Fsp3) is 0.350. The third-order valence-corrected chi connectivity index (χ3v) is 3.78. The third-order valence-electron chi connectivity index (χ3n) is 3.30. The van der Waals surface area contributed by atoms with Crippen molar-refractivity contribution in [1.29, 1.82) is 0 Å². The average molecular weight is 427 g/mol. The number of carbonyl (C=O) groups is 1. The lowest BCUT2D eigenvalue weighted by Gasteiger charge is -2.26. The number of benzene rings is 2. The van der Waals surface area contributed by atoms with Crippen LogP contribution in [0.25, 0.3) is 0 Å². The van der Waals surface area contributed by atoms with E-state index in [1.807, 2.05) is 27.7 Å². The van der Waals surface area contributed by atoms with Crippen LogP contribution in [0.15, 0.2) is 48.5 Å². The van der Waals surface area contributed by atoms with Crippen molar-refractivity contribution >= 4 is 33.2 Å². The zero-order valence-electron chi connectivity index (χ0n) is 15.5. The van der Waals surface area contributed by atoms with Crippen LogP contribution >= 0.6 is 15.9 Å². The summed E-state index contributed by atoms with van der Waals surface area (Å²) < 4.78 is 25.1. The van der Waals surface area contributed by atoms with Gasteiger partial charge in [0.2, 0.25) is 5.91 Å². The van der Waals surface area contributed by atoms with Crippen LogP contribution in [0.5, 0.6) is 0 Å². The van der Waals surface area contributed by atoms with E-state index in [-0.39, 0.29) is 28.9 Å². The lowest BCUT2D eigenvalue weighted by molar-refractivity contribution is -0.116. The van der Waals surface area contributed by atoms with Gasteiger partial charge in [0.1, 0.15) is 11.6 Å². The van der Waals surface area contributed by atoms with Crippen molar-refractivity contribution in [1.82, 2.24) is 0 Å². The molecule has 0 fully saturated rings. The second kappa shape index (κ2) is 10.9. The van der Waals surface area contributed by atoms with Crippen molar-refractivity contribution in [3.63, 3.8) is 0 Å². The van der Waals surface area contributed by atoms with Crippen LogP contribution in [-0.2, 0) is 4.79 Å².